The molecular formula is C22H23ClN2O2S2. The van der Waals surface area contributed by atoms with E-state index in [-0.39, 0.29) is 5.25 Å². The molecule has 0 unspecified atom stereocenters. The van der Waals surface area contributed by atoms with E-state index in [1.54, 1.807) is 35.6 Å². The number of rotatable bonds is 5. The Bertz CT molecular complexity index is 1090. The van der Waals surface area contributed by atoms with E-state index in [0.29, 0.717) is 35.8 Å². The number of sulfone groups is 1. The van der Waals surface area contributed by atoms with Gasteiger partial charge in [0.15, 0.2) is 15.0 Å². The van der Waals surface area contributed by atoms with Crippen molar-refractivity contribution in [2.45, 2.75) is 36.3 Å². The third-order valence-electron chi connectivity index (χ3n) is 5.30. The number of anilines is 1. The Morgan fingerprint density at radius 3 is 2.55 bits per heavy atom. The minimum absolute atomic E-state index is 0.355. The van der Waals surface area contributed by atoms with Gasteiger partial charge in [-0.1, -0.05) is 41.4 Å². The van der Waals surface area contributed by atoms with E-state index < -0.39 is 9.84 Å². The number of hydrogen-bond acceptors (Lipinski definition) is 5. The second-order valence-electron chi connectivity index (χ2n) is 7.47. The number of aryl methyl sites for hydroxylation is 1. The highest BCUT2D eigenvalue weighted by atomic mass is 35.5. The molecule has 0 spiro atoms. The van der Waals surface area contributed by atoms with Gasteiger partial charge in [-0.3, -0.25) is 0 Å². The van der Waals surface area contributed by atoms with Gasteiger partial charge in [0.05, 0.1) is 15.8 Å². The predicted octanol–water partition coefficient (Wildman–Crippen LogP) is 5.14. The first kappa shape index (κ1) is 20.4. The maximum atomic E-state index is 12.9. The topological polar surface area (TPSA) is 50.3 Å². The van der Waals surface area contributed by atoms with Crippen LogP contribution in [0.4, 0.5) is 5.13 Å². The molecule has 0 aliphatic carbocycles. The Hall–Kier alpha value is -1.89. The summed E-state index contributed by atoms with van der Waals surface area (Å²) >= 11 is 7.52. The van der Waals surface area contributed by atoms with E-state index in [0.717, 1.165) is 17.2 Å². The van der Waals surface area contributed by atoms with Gasteiger partial charge in [-0.25, -0.2) is 13.4 Å². The van der Waals surface area contributed by atoms with Crippen LogP contribution in [-0.2, 0) is 16.3 Å². The van der Waals surface area contributed by atoms with Crippen molar-refractivity contribution < 1.29 is 8.42 Å². The standard InChI is InChI=1S/C22H23ClN2O2S2/c1-16-3-2-4-17(13-16)14-19-15-28-22(24-19)25-11-9-21(10-12-25)29(26,27)20-7-5-18(23)6-8-20/h2-8,13,15,21H,9-12,14H2,1H3. The molecule has 0 atom stereocenters. The largest absolute Gasteiger partial charge is 0.348 e. The number of hydrogen-bond donors (Lipinski definition) is 0. The molecule has 0 amide bonds. The molecule has 29 heavy (non-hydrogen) atoms. The van der Waals surface area contributed by atoms with Crippen molar-refractivity contribution in [1.82, 2.24) is 4.98 Å². The highest BCUT2D eigenvalue weighted by Crippen LogP contribution is 2.30. The lowest BCUT2D eigenvalue weighted by Gasteiger charge is -2.31. The molecule has 2 heterocycles. The molecule has 1 aromatic heterocycles. The lowest BCUT2D eigenvalue weighted by Crippen LogP contribution is -2.39. The molecule has 0 radical (unpaired) electrons. The lowest BCUT2D eigenvalue weighted by molar-refractivity contribution is 0.529. The van der Waals surface area contributed by atoms with Crippen LogP contribution in [0.1, 0.15) is 29.7 Å². The summed E-state index contributed by atoms with van der Waals surface area (Å²) < 4.78 is 25.8. The van der Waals surface area contributed by atoms with Crippen LogP contribution in [0.15, 0.2) is 58.8 Å². The molecule has 1 fully saturated rings. The third-order valence-corrected chi connectivity index (χ3v) is 8.78. The summed E-state index contributed by atoms with van der Waals surface area (Å²) in [4.78, 5) is 7.36. The number of piperidine rings is 1. The Morgan fingerprint density at radius 1 is 1.14 bits per heavy atom. The van der Waals surface area contributed by atoms with Crippen molar-refractivity contribution in [3.05, 3.63) is 75.8 Å². The number of aromatic nitrogens is 1. The average Bonchev–Trinajstić information content (AvgIpc) is 3.17. The first-order valence-electron chi connectivity index (χ1n) is 9.66. The van der Waals surface area contributed by atoms with Crippen molar-refractivity contribution in [2.75, 3.05) is 18.0 Å². The van der Waals surface area contributed by atoms with Crippen molar-refractivity contribution >= 4 is 37.9 Å². The van der Waals surface area contributed by atoms with Crippen LogP contribution in [0.3, 0.4) is 0 Å². The fourth-order valence-corrected chi connectivity index (χ4v) is 6.46. The van der Waals surface area contributed by atoms with E-state index in [4.69, 9.17) is 16.6 Å². The van der Waals surface area contributed by atoms with Gasteiger partial charge in [0, 0.05) is 29.9 Å². The molecule has 4 rings (SSSR count). The summed E-state index contributed by atoms with van der Waals surface area (Å²) in [6, 6.07) is 14.9. The molecule has 152 valence electrons. The van der Waals surface area contributed by atoms with Gasteiger partial charge in [-0.05, 0) is 49.6 Å². The summed E-state index contributed by atoms with van der Waals surface area (Å²) in [6.07, 6.45) is 2.04. The number of benzene rings is 2. The van der Waals surface area contributed by atoms with Gasteiger partial charge in [0.2, 0.25) is 0 Å². The molecule has 0 saturated carbocycles. The van der Waals surface area contributed by atoms with E-state index in [9.17, 15) is 8.42 Å². The van der Waals surface area contributed by atoms with Crippen LogP contribution in [0, 0.1) is 6.92 Å². The van der Waals surface area contributed by atoms with Crippen LogP contribution in [0.2, 0.25) is 5.02 Å². The van der Waals surface area contributed by atoms with Gasteiger partial charge in [0.1, 0.15) is 0 Å². The summed E-state index contributed by atoms with van der Waals surface area (Å²) in [5.74, 6) is 0. The smallest absolute Gasteiger partial charge is 0.185 e. The van der Waals surface area contributed by atoms with E-state index in [1.165, 1.54) is 11.1 Å². The van der Waals surface area contributed by atoms with Crippen LogP contribution >= 0.6 is 22.9 Å². The first-order valence-corrected chi connectivity index (χ1v) is 12.5. The summed E-state index contributed by atoms with van der Waals surface area (Å²) in [5, 5.41) is 3.28. The molecule has 0 N–H and O–H groups in total. The van der Waals surface area contributed by atoms with Crippen LogP contribution in [-0.4, -0.2) is 31.7 Å². The molecule has 3 aromatic rings. The van der Waals surface area contributed by atoms with E-state index in [1.807, 2.05) is 0 Å². The summed E-state index contributed by atoms with van der Waals surface area (Å²) in [5.41, 5.74) is 3.57. The Kier molecular flexibility index (Phi) is 5.95. The zero-order chi connectivity index (χ0) is 20.4. The molecule has 1 saturated heterocycles. The molecule has 1 aliphatic heterocycles. The average molecular weight is 447 g/mol. The number of halogens is 1. The molecule has 1 aliphatic rings. The van der Waals surface area contributed by atoms with Crippen molar-refractivity contribution in [1.29, 1.82) is 0 Å². The second kappa shape index (κ2) is 8.46. The summed E-state index contributed by atoms with van der Waals surface area (Å²) in [6.45, 7) is 3.50. The molecular weight excluding hydrogens is 424 g/mol. The molecule has 2 aromatic carbocycles. The maximum Gasteiger partial charge on any atom is 0.185 e. The fourth-order valence-electron chi connectivity index (χ4n) is 3.73. The van der Waals surface area contributed by atoms with Crippen molar-refractivity contribution in [3.63, 3.8) is 0 Å². The fraction of sp³-hybridized carbons (Fsp3) is 0.318. The normalized spacial score (nSPS) is 15.6. The zero-order valence-electron chi connectivity index (χ0n) is 16.2. The maximum absolute atomic E-state index is 12.9. The minimum atomic E-state index is -3.33. The van der Waals surface area contributed by atoms with Gasteiger partial charge in [-0.2, -0.15) is 0 Å². The van der Waals surface area contributed by atoms with E-state index >= 15 is 0 Å². The molecule has 7 heteroatoms. The quantitative estimate of drug-likeness (QED) is 0.544. The van der Waals surface area contributed by atoms with Gasteiger partial charge in [0.25, 0.3) is 0 Å². The van der Waals surface area contributed by atoms with Gasteiger partial charge < -0.3 is 4.90 Å². The van der Waals surface area contributed by atoms with Crippen LogP contribution in [0.25, 0.3) is 0 Å². The van der Waals surface area contributed by atoms with Crippen molar-refractivity contribution in [3.8, 4) is 0 Å². The monoisotopic (exact) mass is 446 g/mol. The zero-order valence-corrected chi connectivity index (χ0v) is 18.6. The predicted molar refractivity (Wildman–Crippen MR) is 120 cm³/mol. The van der Waals surface area contributed by atoms with Crippen LogP contribution < -0.4 is 4.90 Å². The second-order valence-corrected chi connectivity index (χ2v) is 11.0. The molecule has 0 bridgehead atoms. The Labute approximate surface area is 181 Å². The Morgan fingerprint density at radius 2 is 1.86 bits per heavy atom. The minimum Gasteiger partial charge on any atom is -0.348 e. The number of nitrogens with zero attached hydrogens (tertiary/aromatic N) is 2. The lowest BCUT2D eigenvalue weighted by atomic mass is 10.1. The summed E-state index contributed by atoms with van der Waals surface area (Å²) in [7, 11) is -3.33. The third kappa shape index (κ3) is 4.65. The van der Waals surface area contributed by atoms with Gasteiger partial charge in [-0.15, -0.1) is 11.3 Å². The SMILES string of the molecule is Cc1cccc(Cc2csc(N3CCC(S(=O)(=O)c4ccc(Cl)cc4)CC3)n2)c1. The van der Waals surface area contributed by atoms with Gasteiger partial charge >= 0.3 is 0 Å². The highest BCUT2D eigenvalue weighted by molar-refractivity contribution is 7.92. The van der Waals surface area contributed by atoms with E-state index in [2.05, 4.69) is 41.5 Å². The van der Waals surface area contributed by atoms with Crippen molar-refractivity contribution in [2.24, 2.45) is 0 Å². The highest BCUT2D eigenvalue weighted by Gasteiger charge is 2.32. The molecule has 4 nitrogen and oxygen atoms in total. The first-order chi connectivity index (χ1) is 13.9. The number of thiazole rings is 1. The Balaban J connectivity index is 1.40. The van der Waals surface area contributed by atoms with Crippen LogP contribution in [0.5, 0.6) is 0 Å².